The molecule has 0 aromatic heterocycles. The van der Waals surface area contributed by atoms with Crippen LogP contribution in [0, 0.1) is 0 Å². The van der Waals surface area contributed by atoms with Crippen molar-refractivity contribution in [1.82, 2.24) is 0 Å². The topological polar surface area (TPSA) is 185 Å². The van der Waals surface area contributed by atoms with Gasteiger partial charge in [-0.2, -0.15) is 0 Å². The lowest BCUT2D eigenvalue weighted by molar-refractivity contribution is -0.328. The van der Waals surface area contributed by atoms with Gasteiger partial charge in [0.1, 0.15) is 6.10 Å². The summed E-state index contributed by atoms with van der Waals surface area (Å²) in [6, 6.07) is 0. The highest BCUT2D eigenvalue weighted by atomic mass is 16.8. The molecule has 0 radical (unpaired) electrons. The Labute approximate surface area is 211 Å². The zero-order valence-corrected chi connectivity index (χ0v) is 21.2. The first-order chi connectivity index (χ1) is 17.3. The number of hydrogen-bond acceptors (Lipinski definition) is 15. The Balaban J connectivity index is 2.38. The molecule has 0 unspecified atom stereocenters. The minimum atomic E-state index is -1.45. The minimum absolute atomic E-state index is 0.324. The fourth-order valence-corrected chi connectivity index (χ4v) is 3.77. The Kier molecular flexibility index (Phi) is 10.8. The maximum Gasteiger partial charge on any atom is 0.305 e. The standard InChI is InChI=1S/C22H30O15/c1-9(23)31-15-7-30-22(20(35-13(5)27)17(15)32-10(2)24)37-16-8-29-21(36-14(6)28)19(34-12(4)26)18(16)33-11(3)25/h15-22H,7-8H2,1-6H3/t15-,16-,17+,18+,19-,20-,21+,22+/m0/s1. The van der Waals surface area contributed by atoms with Gasteiger partial charge in [-0.15, -0.1) is 0 Å². The summed E-state index contributed by atoms with van der Waals surface area (Å²) in [6.45, 7) is 5.92. The van der Waals surface area contributed by atoms with Gasteiger partial charge in [0.15, 0.2) is 30.7 Å². The van der Waals surface area contributed by atoms with E-state index in [1.807, 2.05) is 0 Å². The predicted molar refractivity (Wildman–Crippen MR) is 114 cm³/mol. The summed E-state index contributed by atoms with van der Waals surface area (Å²) in [4.78, 5) is 70.3. The minimum Gasteiger partial charge on any atom is -0.456 e. The Morgan fingerprint density at radius 3 is 1.27 bits per heavy atom. The average Bonchev–Trinajstić information content (AvgIpc) is 2.74. The van der Waals surface area contributed by atoms with Crippen molar-refractivity contribution in [3.8, 4) is 0 Å². The van der Waals surface area contributed by atoms with Crippen LogP contribution in [0.5, 0.6) is 0 Å². The number of carbonyl (C=O) groups is 6. The van der Waals surface area contributed by atoms with Gasteiger partial charge >= 0.3 is 35.8 Å². The van der Waals surface area contributed by atoms with Crippen molar-refractivity contribution in [2.24, 2.45) is 0 Å². The second-order valence-electron chi connectivity index (χ2n) is 8.13. The van der Waals surface area contributed by atoms with E-state index in [4.69, 9.17) is 42.6 Å². The van der Waals surface area contributed by atoms with Gasteiger partial charge < -0.3 is 42.6 Å². The fraction of sp³-hybridized carbons (Fsp3) is 0.727. The normalized spacial score (nSPS) is 31.3. The van der Waals surface area contributed by atoms with E-state index >= 15 is 0 Å². The van der Waals surface area contributed by atoms with E-state index in [0.717, 1.165) is 41.5 Å². The Morgan fingerprint density at radius 2 is 0.811 bits per heavy atom. The SMILES string of the molecule is CC(=O)O[C@H]1OC[C@H](O[C@H]2OC[C@H](OC(C)=O)[C@@H](OC(C)=O)[C@@H]2OC(C)=O)[C@@H](OC(C)=O)[C@@H]1OC(C)=O. The summed E-state index contributed by atoms with van der Waals surface area (Å²) < 4.78 is 48.3. The molecule has 2 aliphatic heterocycles. The van der Waals surface area contributed by atoms with Crippen molar-refractivity contribution in [3.63, 3.8) is 0 Å². The highest BCUT2D eigenvalue weighted by Gasteiger charge is 2.52. The van der Waals surface area contributed by atoms with E-state index in [1.165, 1.54) is 0 Å². The molecule has 2 aliphatic rings. The summed E-state index contributed by atoms with van der Waals surface area (Å²) in [5.41, 5.74) is 0. The van der Waals surface area contributed by atoms with Gasteiger partial charge in [-0.05, 0) is 0 Å². The largest absolute Gasteiger partial charge is 0.456 e. The third-order valence-electron chi connectivity index (χ3n) is 4.88. The first-order valence-corrected chi connectivity index (χ1v) is 11.2. The van der Waals surface area contributed by atoms with E-state index in [-0.39, 0.29) is 13.2 Å². The zero-order valence-electron chi connectivity index (χ0n) is 21.2. The van der Waals surface area contributed by atoms with Crippen molar-refractivity contribution in [3.05, 3.63) is 0 Å². The molecule has 0 amide bonds. The Bertz CT molecular complexity index is 815. The zero-order chi connectivity index (χ0) is 27.9. The maximum atomic E-state index is 11.9. The van der Waals surface area contributed by atoms with Crippen LogP contribution >= 0.6 is 0 Å². The quantitative estimate of drug-likeness (QED) is 0.281. The summed E-state index contributed by atoms with van der Waals surface area (Å²) in [7, 11) is 0. The summed E-state index contributed by atoms with van der Waals surface area (Å²) in [5, 5.41) is 0. The van der Waals surface area contributed by atoms with Crippen LogP contribution in [0.15, 0.2) is 0 Å². The molecule has 0 saturated carbocycles. The van der Waals surface area contributed by atoms with Crippen LogP contribution in [0.1, 0.15) is 41.5 Å². The molecule has 8 atom stereocenters. The van der Waals surface area contributed by atoms with Crippen LogP contribution in [-0.2, 0) is 71.4 Å². The van der Waals surface area contributed by atoms with Gasteiger partial charge in [0.05, 0.1) is 13.2 Å². The first kappa shape index (κ1) is 29.9. The van der Waals surface area contributed by atoms with Crippen LogP contribution in [-0.4, -0.2) is 98.2 Å². The van der Waals surface area contributed by atoms with Crippen LogP contribution in [0.3, 0.4) is 0 Å². The van der Waals surface area contributed by atoms with Gasteiger partial charge in [0.25, 0.3) is 0 Å². The van der Waals surface area contributed by atoms with Gasteiger partial charge in [-0.25, -0.2) is 0 Å². The fourth-order valence-electron chi connectivity index (χ4n) is 3.77. The summed E-state index contributed by atoms with van der Waals surface area (Å²) >= 11 is 0. The molecule has 2 fully saturated rings. The molecular formula is C22H30O15. The summed E-state index contributed by atoms with van der Waals surface area (Å²) in [6.07, 6.45) is -10.8. The number of rotatable bonds is 8. The molecule has 15 nitrogen and oxygen atoms in total. The third kappa shape index (κ3) is 8.94. The average molecular weight is 534 g/mol. The van der Waals surface area contributed by atoms with Crippen molar-refractivity contribution in [1.29, 1.82) is 0 Å². The summed E-state index contributed by atoms with van der Waals surface area (Å²) in [5.74, 6) is -4.61. The first-order valence-electron chi connectivity index (χ1n) is 11.2. The smallest absolute Gasteiger partial charge is 0.305 e. The van der Waals surface area contributed by atoms with E-state index in [9.17, 15) is 28.8 Å². The van der Waals surface area contributed by atoms with Gasteiger partial charge in [-0.1, -0.05) is 0 Å². The molecule has 208 valence electrons. The van der Waals surface area contributed by atoms with Crippen LogP contribution < -0.4 is 0 Å². The second-order valence-corrected chi connectivity index (χ2v) is 8.13. The third-order valence-corrected chi connectivity index (χ3v) is 4.88. The molecule has 0 aromatic carbocycles. The highest BCUT2D eigenvalue weighted by molar-refractivity contribution is 5.69. The van der Waals surface area contributed by atoms with E-state index in [2.05, 4.69) is 0 Å². The lowest BCUT2D eigenvalue weighted by Gasteiger charge is -2.44. The van der Waals surface area contributed by atoms with Crippen molar-refractivity contribution in [2.45, 2.75) is 90.7 Å². The maximum absolute atomic E-state index is 11.9. The molecule has 2 heterocycles. The number of hydrogen-bond donors (Lipinski definition) is 0. The van der Waals surface area contributed by atoms with Crippen molar-refractivity contribution in [2.75, 3.05) is 13.2 Å². The van der Waals surface area contributed by atoms with Gasteiger partial charge in [-0.3, -0.25) is 28.8 Å². The number of carbonyl (C=O) groups excluding carboxylic acids is 6. The van der Waals surface area contributed by atoms with Crippen LogP contribution in [0.4, 0.5) is 0 Å². The number of ether oxygens (including phenoxy) is 9. The molecule has 2 saturated heterocycles. The van der Waals surface area contributed by atoms with E-state index < -0.39 is 85.0 Å². The van der Waals surface area contributed by atoms with Crippen LogP contribution in [0.2, 0.25) is 0 Å². The molecule has 0 N–H and O–H groups in total. The van der Waals surface area contributed by atoms with Crippen molar-refractivity contribution < 1.29 is 71.4 Å². The number of esters is 6. The Hall–Kier alpha value is -3.30. The molecule has 2 rings (SSSR count). The van der Waals surface area contributed by atoms with Gasteiger partial charge in [0.2, 0.25) is 12.4 Å². The molecule has 37 heavy (non-hydrogen) atoms. The van der Waals surface area contributed by atoms with Crippen LogP contribution in [0.25, 0.3) is 0 Å². The lowest BCUT2D eigenvalue weighted by atomic mass is 10.0. The lowest BCUT2D eigenvalue weighted by Crippen LogP contribution is -2.62. The molecule has 0 bridgehead atoms. The monoisotopic (exact) mass is 534 g/mol. The highest BCUT2D eigenvalue weighted by Crippen LogP contribution is 2.30. The van der Waals surface area contributed by atoms with E-state index in [0.29, 0.717) is 0 Å². The molecule has 0 aromatic rings. The molecule has 0 spiro atoms. The Morgan fingerprint density at radius 1 is 0.459 bits per heavy atom. The van der Waals surface area contributed by atoms with Gasteiger partial charge in [0, 0.05) is 41.5 Å². The predicted octanol–water partition coefficient (Wildman–Crippen LogP) is -0.694. The molecule has 0 aliphatic carbocycles. The van der Waals surface area contributed by atoms with E-state index in [1.54, 1.807) is 0 Å². The second kappa shape index (κ2) is 13.3. The van der Waals surface area contributed by atoms with Crippen molar-refractivity contribution >= 4 is 35.8 Å². The molecule has 15 heteroatoms. The molecular weight excluding hydrogens is 504 g/mol.